The lowest BCUT2D eigenvalue weighted by atomic mass is 9.77. The van der Waals surface area contributed by atoms with E-state index in [0.29, 0.717) is 17.0 Å². The second kappa shape index (κ2) is 10.7. The Kier molecular flexibility index (Phi) is 8.00. The number of pyridine rings is 1. The summed E-state index contributed by atoms with van der Waals surface area (Å²) in [5.41, 5.74) is 2.22. The zero-order chi connectivity index (χ0) is 19.8. The number of nitrogens with zero attached hydrogens (tertiary/aromatic N) is 1. The van der Waals surface area contributed by atoms with E-state index in [1.807, 2.05) is 12.1 Å². The van der Waals surface area contributed by atoms with Gasteiger partial charge in [0.2, 0.25) is 5.95 Å². The summed E-state index contributed by atoms with van der Waals surface area (Å²) in [5, 5.41) is 0. The van der Waals surface area contributed by atoms with E-state index in [0.717, 1.165) is 24.3 Å². The molecule has 0 saturated heterocycles. The van der Waals surface area contributed by atoms with Crippen molar-refractivity contribution in [3.05, 3.63) is 53.9 Å². The molecule has 1 aliphatic carbocycles. The zero-order valence-electron chi connectivity index (χ0n) is 17.1. The van der Waals surface area contributed by atoms with Crippen molar-refractivity contribution in [2.45, 2.75) is 83.5 Å². The van der Waals surface area contributed by atoms with Gasteiger partial charge < -0.3 is 0 Å². The summed E-state index contributed by atoms with van der Waals surface area (Å²) >= 11 is 0. The van der Waals surface area contributed by atoms with Gasteiger partial charge in [0.1, 0.15) is 5.82 Å². The summed E-state index contributed by atoms with van der Waals surface area (Å²) in [6.45, 7) is 2.26. The van der Waals surface area contributed by atoms with Gasteiger partial charge in [0.25, 0.3) is 0 Å². The van der Waals surface area contributed by atoms with Gasteiger partial charge in [0.05, 0.1) is 0 Å². The predicted octanol–water partition coefficient (Wildman–Crippen LogP) is 8.05. The molecule has 0 atom stereocenters. The third-order valence-corrected chi connectivity index (χ3v) is 6.32. The SMILES string of the molecule is CCCCCCCCC1CCC(c2ccc(-c3ccc(F)nc3)c(F)c2)CC1. The first kappa shape index (κ1) is 21.0. The van der Waals surface area contributed by atoms with E-state index in [4.69, 9.17) is 0 Å². The molecule has 0 N–H and O–H groups in total. The van der Waals surface area contributed by atoms with Crippen LogP contribution in [0, 0.1) is 17.7 Å². The maximum Gasteiger partial charge on any atom is 0.212 e. The van der Waals surface area contributed by atoms with Crippen LogP contribution in [0.2, 0.25) is 0 Å². The molecule has 0 unspecified atom stereocenters. The maximum absolute atomic E-state index is 14.6. The second-order valence-corrected chi connectivity index (χ2v) is 8.38. The fourth-order valence-electron chi connectivity index (χ4n) is 4.55. The van der Waals surface area contributed by atoms with Crippen LogP contribution in [0.3, 0.4) is 0 Å². The van der Waals surface area contributed by atoms with Crippen LogP contribution in [-0.4, -0.2) is 4.98 Å². The first-order chi connectivity index (χ1) is 13.7. The van der Waals surface area contributed by atoms with Crippen LogP contribution in [0.25, 0.3) is 11.1 Å². The van der Waals surface area contributed by atoms with Crippen LogP contribution in [-0.2, 0) is 0 Å². The Morgan fingerprint density at radius 2 is 1.64 bits per heavy atom. The summed E-state index contributed by atoms with van der Waals surface area (Å²) in [4.78, 5) is 3.63. The van der Waals surface area contributed by atoms with Crippen LogP contribution in [0.15, 0.2) is 36.5 Å². The van der Waals surface area contributed by atoms with Crippen molar-refractivity contribution < 1.29 is 8.78 Å². The Morgan fingerprint density at radius 3 is 2.32 bits per heavy atom. The average molecular weight is 386 g/mol. The smallest absolute Gasteiger partial charge is 0.212 e. The molecule has 0 aliphatic heterocycles. The molecular weight excluding hydrogens is 352 g/mol. The van der Waals surface area contributed by atoms with Gasteiger partial charge in [0.15, 0.2) is 0 Å². The molecule has 1 nitrogen and oxygen atoms in total. The molecule has 1 aromatic heterocycles. The van der Waals surface area contributed by atoms with Crippen molar-refractivity contribution in [2.24, 2.45) is 5.92 Å². The molecule has 0 spiro atoms. The highest BCUT2D eigenvalue weighted by molar-refractivity contribution is 5.63. The van der Waals surface area contributed by atoms with Crippen molar-refractivity contribution in [3.63, 3.8) is 0 Å². The zero-order valence-corrected chi connectivity index (χ0v) is 17.1. The fourth-order valence-corrected chi connectivity index (χ4v) is 4.55. The van der Waals surface area contributed by atoms with Crippen LogP contribution in [0.5, 0.6) is 0 Å². The van der Waals surface area contributed by atoms with Crippen molar-refractivity contribution in [1.82, 2.24) is 4.98 Å². The van der Waals surface area contributed by atoms with Crippen LogP contribution in [0.1, 0.15) is 89.0 Å². The molecule has 1 fully saturated rings. The van der Waals surface area contributed by atoms with Crippen molar-refractivity contribution in [1.29, 1.82) is 0 Å². The van der Waals surface area contributed by atoms with Crippen LogP contribution in [0.4, 0.5) is 8.78 Å². The molecule has 0 bridgehead atoms. The van der Waals surface area contributed by atoms with Gasteiger partial charge in [-0.1, -0.05) is 64.0 Å². The van der Waals surface area contributed by atoms with Crippen LogP contribution < -0.4 is 0 Å². The van der Waals surface area contributed by atoms with E-state index in [2.05, 4.69) is 11.9 Å². The quantitative estimate of drug-likeness (QED) is 0.314. The summed E-state index contributed by atoms with van der Waals surface area (Å²) < 4.78 is 27.6. The topological polar surface area (TPSA) is 12.9 Å². The molecule has 152 valence electrons. The van der Waals surface area contributed by atoms with E-state index in [-0.39, 0.29) is 5.82 Å². The summed E-state index contributed by atoms with van der Waals surface area (Å²) in [6, 6.07) is 8.39. The number of hydrogen-bond acceptors (Lipinski definition) is 1. The fraction of sp³-hybridized carbons (Fsp3) is 0.560. The third-order valence-electron chi connectivity index (χ3n) is 6.32. The van der Waals surface area contributed by atoms with E-state index in [1.54, 1.807) is 12.1 Å². The van der Waals surface area contributed by atoms with Crippen molar-refractivity contribution >= 4 is 0 Å². The predicted molar refractivity (Wildman–Crippen MR) is 112 cm³/mol. The third kappa shape index (κ3) is 5.86. The lowest BCUT2D eigenvalue weighted by Gasteiger charge is -2.29. The lowest BCUT2D eigenvalue weighted by molar-refractivity contribution is 0.301. The Labute approximate surface area is 168 Å². The molecule has 1 saturated carbocycles. The monoisotopic (exact) mass is 385 g/mol. The molecule has 0 amide bonds. The van der Waals surface area contributed by atoms with Crippen molar-refractivity contribution in [3.8, 4) is 11.1 Å². The summed E-state index contributed by atoms with van der Waals surface area (Å²) in [5.74, 6) is 0.547. The largest absolute Gasteiger partial charge is 0.228 e. The summed E-state index contributed by atoms with van der Waals surface area (Å²) in [6.07, 6.45) is 15.8. The molecule has 1 aromatic carbocycles. The minimum absolute atomic E-state index is 0.236. The minimum atomic E-state index is -0.543. The Bertz CT molecular complexity index is 718. The number of rotatable bonds is 9. The Balaban J connectivity index is 1.48. The molecule has 3 rings (SSSR count). The Morgan fingerprint density at radius 1 is 0.893 bits per heavy atom. The average Bonchev–Trinajstić information content (AvgIpc) is 2.72. The summed E-state index contributed by atoms with van der Waals surface area (Å²) in [7, 11) is 0. The number of unbranched alkanes of at least 4 members (excludes halogenated alkanes) is 5. The molecule has 28 heavy (non-hydrogen) atoms. The van der Waals surface area contributed by atoms with Gasteiger partial charge in [0, 0.05) is 17.3 Å². The van der Waals surface area contributed by atoms with E-state index >= 15 is 0 Å². The highest BCUT2D eigenvalue weighted by Crippen LogP contribution is 2.38. The Hall–Kier alpha value is -1.77. The normalized spacial score (nSPS) is 19.7. The molecule has 1 heterocycles. The first-order valence-corrected chi connectivity index (χ1v) is 11.1. The molecule has 1 aliphatic rings. The number of aromatic nitrogens is 1. The minimum Gasteiger partial charge on any atom is -0.228 e. The second-order valence-electron chi connectivity index (χ2n) is 8.38. The van der Waals surface area contributed by atoms with Gasteiger partial charge in [-0.2, -0.15) is 4.39 Å². The highest BCUT2D eigenvalue weighted by atomic mass is 19.1. The molecule has 3 heteroatoms. The number of benzene rings is 1. The van der Waals surface area contributed by atoms with Gasteiger partial charge in [-0.05, 0) is 61.3 Å². The maximum atomic E-state index is 14.6. The van der Waals surface area contributed by atoms with E-state index < -0.39 is 5.95 Å². The molecular formula is C25H33F2N. The lowest BCUT2D eigenvalue weighted by Crippen LogP contribution is -2.13. The molecule has 0 radical (unpaired) electrons. The van der Waals surface area contributed by atoms with Gasteiger partial charge in [-0.15, -0.1) is 0 Å². The van der Waals surface area contributed by atoms with Gasteiger partial charge in [-0.25, -0.2) is 9.37 Å². The number of hydrogen-bond donors (Lipinski definition) is 0. The molecule has 2 aromatic rings. The highest BCUT2D eigenvalue weighted by Gasteiger charge is 2.23. The number of halogens is 2. The standard InChI is InChI=1S/C25H33F2N/c1-2-3-4-5-6-7-8-19-9-11-20(12-10-19)21-13-15-23(24(26)17-21)22-14-16-25(27)28-18-22/h13-20H,2-12H2,1H3. The first-order valence-electron chi connectivity index (χ1n) is 11.1. The van der Waals surface area contributed by atoms with Crippen molar-refractivity contribution in [2.75, 3.05) is 0 Å². The van der Waals surface area contributed by atoms with E-state index in [9.17, 15) is 8.78 Å². The van der Waals surface area contributed by atoms with Crippen LogP contribution >= 0.6 is 0 Å². The van der Waals surface area contributed by atoms with Gasteiger partial charge in [-0.3, -0.25) is 0 Å². The van der Waals surface area contributed by atoms with Gasteiger partial charge >= 0.3 is 0 Å². The van der Waals surface area contributed by atoms with E-state index in [1.165, 1.54) is 70.1 Å².